The molecule has 7 aromatic carbocycles. The van der Waals surface area contributed by atoms with Gasteiger partial charge in [-0.1, -0.05) is 90.6 Å². The summed E-state index contributed by atoms with van der Waals surface area (Å²) in [7, 11) is 0. The van der Waals surface area contributed by atoms with Crippen LogP contribution < -0.4 is 0 Å². The zero-order valence-electron chi connectivity index (χ0n) is 49.3. The van der Waals surface area contributed by atoms with Crippen molar-refractivity contribution in [3.05, 3.63) is 163 Å². The van der Waals surface area contributed by atoms with Crippen molar-refractivity contribution >= 4 is 65.4 Å². The first-order valence-corrected chi connectivity index (χ1v) is 13.3. The summed E-state index contributed by atoms with van der Waals surface area (Å²) in [6.07, 6.45) is 0. The highest BCUT2D eigenvalue weighted by Crippen LogP contribution is 2.39. The number of fused-ring (bicyclic) bond motifs is 9. The molecule has 3 heterocycles. The zero-order valence-corrected chi connectivity index (χ0v) is 22.3. The molecule has 10 aromatic rings. The van der Waals surface area contributed by atoms with Gasteiger partial charge in [0.15, 0.2) is 0 Å². The van der Waals surface area contributed by atoms with Crippen LogP contribution in [0.2, 0.25) is 0 Å². The molecule has 0 aliphatic heterocycles. The van der Waals surface area contributed by atoms with Crippen LogP contribution in [0.1, 0.15) is 37.0 Å². The van der Waals surface area contributed by atoms with Crippen LogP contribution >= 0.6 is 0 Å². The van der Waals surface area contributed by atoms with Gasteiger partial charge in [-0.25, -0.2) is 0 Å². The number of nitrogens with zero attached hydrogens (tertiary/aromatic N) is 3. The van der Waals surface area contributed by atoms with E-state index < -0.39 is 246 Å². The molecule has 0 radical (unpaired) electrons. The topological polar surface area (TPSA) is 14.8 Å². The van der Waals surface area contributed by atoms with Gasteiger partial charge in [0.1, 0.15) is 0 Å². The lowest BCUT2D eigenvalue weighted by Crippen LogP contribution is -1.96. The average molecular weight is 601 g/mol. The quantitative estimate of drug-likeness (QED) is 0.192. The maximum atomic E-state index is 9.89. The number of benzene rings is 7. The van der Waals surface area contributed by atoms with Gasteiger partial charge in [-0.3, -0.25) is 0 Å². The van der Waals surface area contributed by atoms with E-state index in [4.69, 9.17) is 26.0 Å². The summed E-state index contributed by atoms with van der Waals surface area (Å²) < 4.78 is 244. The van der Waals surface area contributed by atoms with Gasteiger partial charge >= 0.3 is 0 Å². The van der Waals surface area contributed by atoms with Crippen LogP contribution in [0.25, 0.3) is 82.5 Å². The first kappa shape index (κ1) is 9.98. The van der Waals surface area contributed by atoms with Crippen molar-refractivity contribution in [3.63, 3.8) is 0 Å². The maximum Gasteiger partial charge on any atom is 0.0652 e. The van der Waals surface area contributed by atoms with Crippen LogP contribution in [0, 0.1) is 0 Å². The van der Waals surface area contributed by atoms with E-state index in [1.807, 2.05) is 0 Å². The largest absolute Gasteiger partial charge is 0.309 e. The predicted molar refractivity (Wildman–Crippen MR) is 189 cm³/mol. The molecule has 0 bridgehead atoms. The van der Waals surface area contributed by atoms with Crippen molar-refractivity contribution in [2.45, 2.75) is 0 Å². The molecular weight excluding hydrogens is 546 g/mol. The summed E-state index contributed by atoms with van der Waals surface area (Å²) in [4.78, 5) is 0. The average Bonchev–Trinajstić information content (AvgIpc) is 4.01. The van der Waals surface area contributed by atoms with Crippen LogP contribution in [0.4, 0.5) is 0 Å². The number of hydrogen-bond donors (Lipinski definition) is 0. The summed E-state index contributed by atoms with van der Waals surface area (Å²) in [5.41, 5.74) is -5.97. The molecule has 0 fully saturated rings. The number of rotatable bonds is 3. The molecule has 3 aromatic heterocycles. The van der Waals surface area contributed by atoms with Crippen molar-refractivity contribution in [2.24, 2.45) is 0 Å². The van der Waals surface area contributed by atoms with Gasteiger partial charge < -0.3 is 13.7 Å². The summed E-state index contributed by atoms with van der Waals surface area (Å²) >= 11 is 0. The van der Waals surface area contributed by atoms with E-state index in [1.165, 1.54) is 0 Å². The minimum Gasteiger partial charge on any atom is -0.309 e. The number of aromatic nitrogens is 3. The third kappa shape index (κ3) is 3.41. The Bertz CT molecular complexity index is 4190. The Morgan fingerprint density at radius 3 is 1.00 bits per heavy atom. The molecule has 210 valence electrons. The fourth-order valence-electron chi connectivity index (χ4n) is 5.68. The Hall–Kier alpha value is -6.06. The Morgan fingerprint density at radius 1 is 0.267 bits per heavy atom. The lowest BCUT2D eigenvalue weighted by Gasteiger charge is -2.11. The predicted octanol–water partition coefficient (Wildman–Crippen LogP) is 11.0. The van der Waals surface area contributed by atoms with E-state index in [2.05, 4.69) is 0 Å². The van der Waals surface area contributed by atoms with Crippen molar-refractivity contribution in [2.75, 3.05) is 0 Å². The molecule has 0 aliphatic carbocycles. The third-order valence-electron chi connectivity index (χ3n) is 7.48. The maximum absolute atomic E-state index is 9.89. The van der Waals surface area contributed by atoms with E-state index in [9.17, 15) is 11.0 Å². The molecule has 0 amide bonds. The molecule has 0 N–H and O–H groups in total. The molecule has 0 saturated heterocycles. The SMILES string of the molecule is [2H]c1c([2H])c([2H])c(-n2c3c([2H])c([2H])c([2H])c([2H])c3c3c([2H])c(-n4c5c([2H])c([2H])c([2H])c([2H])c5c5c([2H])c(-n6c7c([2H])c([2H])c([2H])c([2H])c7c7c([2H])c([2H])c([2H])c([2H])c76)c([2H])c([2H])c54)c([2H])c([2H])c32)c([2H])c1[2H]. The van der Waals surface area contributed by atoms with Crippen LogP contribution in [0.15, 0.2) is 163 Å². The minimum atomic E-state index is -1.03. The van der Waals surface area contributed by atoms with E-state index in [-0.39, 0.29) is 0 Å². The van der Waals surface area contributed by atoms with Gasteiger partial charge in [-0.2, -0.15) is 0 Å². The van der Waals surface area contributed by atoms with E-state index in [0.717, 1.165) is 13.7 Å². The fourth-order valence-corrected chi connectivity index (χ4v) is 5.68. The van der Waals surface area contributed by atoms with Gasteiger partial charge in [0, 0.05) is 49.4 Å². The molecule has 3 nitrogen and oxygen atoms in total. The van der Waals surface area contributed by atoms with E-state index in [1.54, 1.807) is 0 Å². The van der Waals surface area contributed by atoms with Crippen molar-refractivity contribution in [1.29, 1.82) is 0 Å². The molecule has 0 unspecified atom stereocenters. The second-order valence-electron chi connectivity index (χ2n) is 9.77. The lowest BCUT2D eigenvalue weighted by atomic mass is 10.1. The first-order chi connectivity index (χ1) is 33.6. The summed E-state index contributed by atoms with van der Waals surface area (Å²) in [5.74, 6) is 0. The van der Waals surface area contributed by atoms with Crippen LogP contribution in [-0.4, -0.2) is 13.7 Å². The van der Waals surface area contributed by atoms with E-state index >= 15 is 0 Å². The molecule has 0 aliphatic rings. The molecule has 3 heteroatoms. The Morgan fingerprint density at radius 2 is 0.578 bits per heavy atom. The van der Waals surface area contributed by atoms with Crippen molar-refractivity contribution < 1.29 is 37.0 Å². The Balaban J connectivity index is 1.48. The Kier molecular flexibility index (Phi) is 2.04. The zero-order chi connectivity index (χ0) is 53.0. The molecule has 0 atom stereocenters. The number of hydrogen-bond acceptors (Lipinski definition) is 0. The number of para-hydroxylation sites is 5. The molecule has 10 rings (SSSR count). The highest BCUT2D eigenvalue weighted by molar-refractivity contribution is 6.13. The summed E-state index contributed by atoms with van der Waals surface area (Å²) in [5, 5.41) is -3.25. The summed E-state index contributed by atoms with van der Waals surface area (Å²) in [6, 6.07) is -23.8. The third-order valence-corrected chi connectivity index (χ3v) is 7.48. The van der Waals surface area contributed by atoms with Crippen molar-refractivity contribution in [1.82, 2.24) is 13.7 Å². The molecule has 45 heavy (non-hydrogen) atoms. The van der Waals surface area contributed by atoms with Crippen LogP contribution in [0.3, 0.4) is 0 Å². The fraction of sp³-hybridized carbons (Fsp3) is 0. The van der Waals surface area contributed by atoms with Crippen LogP contribution in [-0.2, 0) is 0 Å². The normalized spacial score (nSPS) is 20.4. The van der Waals surface area contributed by atoms with Gasteiger partial charge in [0.05, 0.1) is 70.1 Å². The standard InChI is InChI=1S/C42H27N3/c1-2-12-28(13-3-1)43-39-20-10-6-16-33(39)35-27-30(22-24-41(35)43)45-40-21-11-7-17-34(40)36-26-29(23-25-42(36)45)44-37-18-8-4-14-31(37)32-15-5-9-19-38(32)44/h1-27H/i1D,2D,3D,4D,5D,6D,7D,8D,9D,10D,11D,12D,13D,14D,15D,16D,17D,18D,19D,20D,21D,22D,23D,24D,25D,26D,27D. The van der Waals surface area contributed by atoms with Gasteiger partial charge in [0.2, 0.25) is 0 Å². The van der Waals surface area contributed by atoms with Crippen LogP contribution in [0.5, 0.6) is 0 Å². The molecule has 0 saturated carbocycles. The van der Waals surface area contributed by atoms with E-state index in [0.29, 0.717) is 0 Å². The van der Waals surface area contributed by atoms with Gasteiger partial charge in [0.25, 0.3) is 0 Å². The molecular formula is C42H27N3. The Labute approximate surface area is 297 Å². The minimum absolute atomic E-state index is 0.451. The highest BCUT2D eigenvalue weighted by Gasteiger charge is 2.18. The highest BCUT2D eigenvalue weighted by atomic mass is 15.0. The first-order valence-electron chi connectivity index (χ1n) is 26.8. The lowest BCUT2D eigenvalue weighted by molar-refractivity contribution is 1.16. The molecule has 0 spiro atoms. The summed E-state index contributed by atoms with van der Waals surface area (Å²) in [6.45, 7) is 0. The smallest absolute Gasteiger partial charge is 0.0652 e. The van der Waals surface area contributed by atoms with Gasteiger partial charge in [-0.15, -0.1) is 0 Å². The monoisotopic (exact) mass is 600 g/mol. The van der Waals surface area contributed by atoms with Crippen molar-refractivity contribution in [3.8, 4) is 17.1 Å². The second-order valence-corrected chi connectivity index (χ2v) is 9.77. The van der Waals surface area contributed by atoms with Gasteiger partial charge in [-0.05, 0) is 72.5 Å². The second kappa shape index (κ2) is 9.22.